The first-order valence-electron chi connectivity index (χ1n) is 6.98. The summed E-state index contributed by atoms with van der Waals surface area (Å²) in [7, 11) is -2.41. The molecule has 2 aliphatic rings. The molecule has 0 aromatic heterocycles. The van der Waals surface area contributed by atoms with Crippen molar-refractivity contribution in [2.75, 3.05) is 7.11 Å². The molecule has 2 fully saturated rings. The van der Waals surface area contributed by atoms with Crippen LogP contribution in [0.15, 0.2) is 23.1 Å². The van der Waals surface area contributed by atoms with Gasteiger partial charge in [0.2, 0.25) is 10.0 Å². The zero-order chi connectivity index (χ0) is 15.2. The van der Waals surface area contributed by atoms with Gasteiger partial charge in [0.05, 0.1) is 18.1 Å². The summed E-state index contributed by atoms with van der Waals surface area (Å²) in [6, 6.07) is 3.31. The van der Waals surface area contributed by atoms with Crippen LogP contribution in [0.4, 0.5) is 4.39 Å². The maximum absolute atomic E-state index is 13.8. The summed E-state index contributed by atoms with van der Waals surface area (Å²) >= 11 is 0. The zero-order valence-corrected chi connectivity index (χ0v) is 12.5. The molecule has 0 aliphatic carbocycles. The van der Waals surface area contributed by atoms with Crippen molar-refractivity contribution in [1.82, 2.24) is 4.31 Å². The quantitative estimate of drug-likeness (QED) is 0.918. The third kappa shape index (κ3) is 2.43. The minimum absolute atomic E-state index is 0.0194. The van der Waals surface area contributed by atoms with E-state index in [-0.39, 0.29) is 22.7 Å². The van der Waals surface area contributed by atoms with Crippen LogP contribution in [0.2, 0.25) is 0 Å². The molecule has 1 aromatic rings. The van der Waals surface area contributed by atoms with Gasteiger partial charge in [-0.2, -0.15) is 4.31 Å². The van der Waals surface area contributed by atoms with Crippen molar-refractivity contribution >= 4 is 10.0 Å². The summed E-state index contributed by atoms with van der Waals surface area (Å²) in [5.41, 5.74) is 0. The van der Waals surface area contributed by atoms with Gasteiger partial charge in [-0.05, 0) is 43.9 Å². The van der Waals surface area contributed by atoms with Crippen LogP contribution in [0.5, 0.6) is 5.75 Å². The molecule has 1 N–H and O–H groups in total. The highest BCUT2D eigenvalue weighted by atomic mass is 32.2. The predicted octanol–water partition coefficient (Wildman–Crippen LogP) is 1.51. The molecule has 0 radical (unpaired) electrons. The van der Waals surface area contributed by atoms with E-state index >= 15 is 0 Å². The molecule has 21 heavy (non-hydrogen) atoms. The molecule has 7 heteroatoms. The lowest BCUT2D eigenvalue weighted by molar-refractivity contribution is 0.0768. The Bertz CT molecular complexity index is 634. The summed E-state index contributed by atoms with van der Waals surface area (Å²) in [5.74, 6) is -0.672. The maximum atomic E-state index is 13.8. The number of methoxy groups -OCH3 is 1. The first-order valence-corrected chi connectivity index (χ1v) is 8.42. The molecule has 5 nitrogen and oxygen atoms in total. The van der Waals surface area contributed by atoms with Crippen molar-refractivity contribution < 1.29 is 22.7 Å². The van der Waals surface area contributed by atoms with Gasteiger partial charge in [-0.1, -0.05) is 0 Å². The number of aliphatic hydroxyl groups excluding tert-OH is 1. The highest BCUT2D eigenvalue weighted by Crippen LogP contribution is 2.40. The van der Waals surface area contributed by atoms with E-state index in [1.165, 1.54) is 23.5 Å². The Hall–Kier alpha value is -1.18. The Morgan fingerprint density at radius 3 is 2.43 bits per heavy atom. The normalized spacial score (nSPS) is 29.6. The van der Waals surface area contributed by atoms with Crippen LogP contribution in [-0.4, -0.2) is 43.1 Å². The summed E-state index contributed by atoms with van der Waals surface area (Å²) in [6.07, 6.45) is 1.96. The lowest BCUT2D eigenvalue weighted by Crippen LogP contribution is -2.47. The molecule has 2 heterocycles. The zero-order valence-electron chi connectivity index (χ0n) is 11.7. The number of aliphatic hydroxyl groups is 1. The summed E-state index contributed by atoms with van der Waals surface area (Å²) in [4.78, 5) is -0.0610. The van der Waals surface area contributed by atoms with Crippen molar-refractivity contribution in [2.45, 2.75) is 48.8 Å². The van der Waals surface area contributed by atoms with Crippen molar-refractivity contribution in [3.8, 4) is 5.75 Å². The first kappa shape index (κ1) is 14.7. The van der Waals surface area contributed by atoms with E-state index < -0.39 is 21.9 Å². The smallest absolute Gasteiger partial charge is 0.243 e. The predicted molar refractivity (Wildman–Crippen MR) is 74.0 cm³/mol. The number of sulfonamides is 1. The van der Waals surface area contributed by atoms with Crippen LogP contribution in [0.1, 0.15) is 25.7 Å². The second-order valence-corrected chi connectivity index (χ2v) is 7.48. The molecule has 2 aliphatic heterocycles. The number of rotatable bonds is 3. The Morgan fingerprint density at radius 2 is 1.90 bits per heavy atom. The Morgan fingerprint density at radius 1 is 1.29 bits per heavy atom. The lowest BCUT2D eigenvalue weighted by Gasteiger charge is -2.36. The topological polar surface area (TPSA) is 66.8 Å². The number of hydrogen-bond acceptors (Lipinski definition) is 4. The van der Waals surface area contributed by atoms with E-state index in [2.05, 4.69) is 0 Å². The molecule has 0 spiro atoms. The third-order valence-corrected chi connectivity index (χ3v) is 6.34. The second-order valence-electron chi connectivity index (χ2n) is 5.64. The van der Waals surface area contributed by atoms with E-state index in [4.69, 9.17) is 4.74 Å². The number of benzene rings is 1. The number of hydrogen-bond donors (Lipinski definition) is 1. The first-order chi connectivity index (χ1) is 9.93. The van der Waals surface area contributed by atoms with Crippen LogP contribution < -0.4 is 4.74 Å². The average molecular weight is 315 g/mol. The van der Waals surface area contributed by atoms with Gasteiger partial charge in [-0.15, -0.1) is 0 Å². The number of nitrogens with zero attached hydrogens (tertiary/aromatic N) is 1. The minimum atomic E-state index is -3.74. The SMILES string of the molecule is COc1ccc(S(=O)(=O)N2C3CCC2CC(O)C3)cc1F. The Balaban J connectivity index is 1.96. The fourth-order valence-corrected chi connectivity index (χ4v) is 5.33. The molecule has 0 saturated carbocycles. The van der Waals surface area contributed by atoms with Crippen molar-refractivity contribution in [2.24, 2.45) is 0 Å². The van der Waals surface area contributed by atoms with Crippen LogP contribution in [0.25, 0.3) is 0 Å². The fourth-order valence-electron chi connectivity index (χ4n) is 3.43. The van der Waals surface area contributed by atoms with E-state index in [1.807, 2.05) is 0 Å². The van der Waals surface area contributed by atoms with Crippen molar-refractivity contribution in [3.05, 3.63) is 24.0 Å². The number of piperidine rings is 1. The van der Waals surface area contributed by atoms with Crippen LogP contribution in [0, 0.1) is 5.82 Å². The molecular weight excluding hydrogens is 297 g/mol. The number of ether oxygens (including phenoxy) is 1. The van der Waals surface area contributed by atoms with Crippen LogP contribution in [0.3, 0.4) is 0 Å². The summed E-state index contributed by atoms with van der Waals surface area (Å²) in [6.45, 7) is 0. The number of halogens is 1. The van der Waals surface area contributed by atoms with Gasteiger partial charge in [-0.3, -0.25) is 0 Å². The van der Waals surface area contributed by atoms with E-state index in [9.17, 15) is 17.9 Å². The molecule has 2 saturated heterocycles. The third-order valence-electron chi connectivity index (χ3n) is 4.34. The molecular formula is C14H18FNO4S. The van der Waals surface area contributed by atoms with Crippen LogP contribution in [-0.2, 0) is 10.0 Å². The lowest BCUT2D eigenvalue weighted by atomic mass is 10.0. The fraction of sp³-hybridized carbons (Fsp3) is 0.571. The van der Waals surface area contributed by atoms with Gasteiger partial charge in [0.1, 0.15) is 0 Å². The largest absolute Gasteiger partial charge is 0.494 e. The Kier molecular flexibility index (Phi) is 3.67. The number of fused-ring (bicyclic) bond motifs is 2. The van der Waals surface area contributed by atoms with Crippen molar-refractivity contribution in [3.63, 3.8) is 0 Å². The summed E-state index contributed by atoms with van der Waals surface area (Å²) < 4.78 is 45.5. The van der Waals surface area contributed by atoms with Gasteiger partial charge in [0.15, 0.2) is 11.6 Å². The maximum Gasteiger partial charge on any atom is 0.243 e. The van der Waals surface area contributed by atoms with Gasteiger partial charge >= 0.3 is 0 Å². The molecule has 2 bridgehead atoms. The van der Waals surface area contributed by atoms with E-state index in [0.29, 0.717) is 12.8 Å². The molecule has 1 aromatic carbocycles. The van der Waals surface area contributed by atoms with Crippen molar-refractivity contribution in [1.29, 1.82) is 0 Å². The monoisotopic (exact) mass is 315 g/mol. The van der Waals surface area contributed by atoms with Gasteiger partial charge in [0, 0.05) is 12.1 Å². The minimum Gasteiger partial charge on any atom is -0.494 e. The average Bonchev–Trinajstić information content (AvgIpc) is 2.72. The van der Waals surface area contributed by atoms with Gasteiger partial charge < -0.3 is 9.84 Å². The molecule has 116 valence electrons. The molecule has 0 amide bonds. The van der Waals surface area contributed by atoms with Crippen LogP contribution >= 0.6 is 0 Å². The molecule has 2 atom stereocenters. The van der Waals surface area contributed by atoms with E-state index in [1.54, 1.807) is 0 Å². The highest BCUT2D eigenvalue weighted by Gasteiger charge is 2.46. The second kappa shape index (κ2) is 5.23. The Labute approximate surface area is 123 Å². The van der Waals surface area contributed by atoms with E-state index in [0.717, 1.165) is 18.9 Å². The van der Waals surface area contributed by atoms with Gasteiger partial charge in [0.25, 0.3) is 0 Å². The molecule has 3 rings (SSSR count). The standard InChI is InChI=1S/C14H18FNO4S/c1-20-14-5-4-12(8-13(14)15)21(18,19)16-9-2-3-10(16)7-11(17)6-9/h4-5,8-11,17H,2-3,6-7H2,1H3. The molecule has 2 unspecified atom stereocenters. The highest BCUT2D eigenvalue weighted by molar-refractivity contribution is 7.89. The van der Waals surface area contributed by atoms with Gasteiger partial charge in [-0.25, -0.2) is 12.8 Å². The summed E-state index contributed by atoms with van der Waals surface area (Å²) in [5, 5.41) is 9.76.